The van der Waals surface area contributed by atoms with Gasteiger partial charge in [0.2, 0.25) is 0 Å². The third-order valence-electron chi connectivity index (χ3n) is 6.86. The number of nitrogens with zero attached hydrogens (tertiary/aromatic N) is 3. The molecule has 1 saturated heterocycles. The molecule has 3 aromatic carbocycles. The Balaban J connectivity index is 1.29. The monoisotopic (exact) mass is 515 g/mol. The van der Waals surface area contributed by atoms with Crippen molar-refractivity contribution in [2.75, 3.05) is 38.2 Å². The van der Waals surface area contributed by atoms with Crippen LogP contribution in [0.5, 0.6) is 5.75 Å². The summed E-state index contributed by atoms with van der Waals surface area (Å²) in [5.74, 6) is 0.624. The number of para-hydroxylation sites is 3. The largest absolute Gasteiger partial charge is 0.495 e. The number of sulfone groups is 1. The molecule has 1 aliphatic rings. The van der Waals surface area contributed by atoms with E-state index >= 15 is 0 Å². The van der Waals surface area contributed by atoms with E-state index in [1.54, 1.807) is 49.7 Å². The van der Waals surface area contributed by atoms with E-state index in [2.05, 4.69) is 9.88 Å². The Bertz CT molecular complexity index is 1560. The third-order valence-corrected chi connectivity index (χ3v) is 8.55. The van der Waals surface area contributed by atoms with E-state index < -0.39 is 9.84 Å². The highest BCUT2D eigenvalue weighted by Gasteiger charge is 2.25. The topological polar surface area (TPSA) is 79.8 Å². The molecular weight excluding hydrogens is 486 g/mol. The van der Waals surface area contributed by atoms with Crippen molar-refractivity contribution in [2.24, 2.45) is 0 Å². The summed E-state index contributed by atoms with van der Waals surface area (Å²) in [5, 5.41) is 0.784. The van der Waals surface area contributed by atoms with Crippen LogP contribution in [0.2, 0.25) is 0 Å². The van der Waals surface area contributed by atoms with Gasteiger partial charge in [-0.3, -0.25) is 9.78 Å². The maximum atomic E-state index is 13.3. The molecule has 7 nitrogen and oxygen atoms in total. The summed E-state index contributed by atoms with van der Waals surface area (Å²) in [4.78, 5) is 21.8. The zero-order valence-electron chi connectivity index (χ0n) is 20.9. The molecule has 4 aromatic rings. The zero-order chi connectivity index (χ0) is 26.0. The number of anilines is 1. The van der Waals surface area contributed by atoms with Crippen molar-refractivity contribution < 1.29 is 17.9 Å². The Kier molecular flexibility index (Phi) is 6.84. The Morgan fingerprint density at radius 3 is 2.46 bits per heavy atom. The molecule has 37 heavy (non-hydrogen) atoms. The lowest BCUT2D eigenvalue weighted by atomic mass is 10.1. The molecular formula is C29H29N3O4S. The molecule has 1 fully saturated rings. The molecule has 1 amide bonds. The van der Waals surface area contributed by atoms with E-state index in [1.165, 1.54) is 0 Å². The maximum Gasteiger partial charge on any atom is 0.253 e. The molecule has 0 spiro atoms. The minimum absolute atomic E-state index is 0.0459. The fraction of sp³-hybridized carbons (Fsp3) is 0.241. The number of carbonyl (C=O) groups is 1. The standard InChI is InChI=1S/C29H29N3O4S/c1-21-19-23(29(33)32-17-15-31(16-18-32)25-9-3-4-10-26(25)36-2)12-13-24(21)20-37(34,35)27-11-5-7-22-8-6-14-30-28(22)27/h3-14,19H,15-18,20H2,1-2H3. The van der Waals surface area contributed by atoms with Crippen LogP contribution in [-0.2, 0) is 15.6 Å². The Labute approximate surface area is 217 Å². The first-order chi connectivity index (χ1) is 17.9. The lowest BCUT2D eigenvalue weighted by molar-refractivity contribution is 0.0746. The number of aromatic nitrogens is 1. The van der Waals surface area contributed by atoms with E-state index in [4.69, 9.17) is 4.74 Å². The molecule has 0 atom stereocenters. The van der Waals surface area contributed by atoms with Crippen LogP contribution in [0.15, 0.2) is 83.9 Å². The minimum atomic E-state index is -3.63. The number of carbonyl (C=O) groups excluding carboxylic acids is 1. The predicted octanol–water partition coefficient (Wildman–Crippen LogP) is 4.49. The van der Waals surface area contributed by atoms with Gasteiger partial charge in [0.15, 0.2) is 9.84 Å². The van der Waals surface area contributed by atoms with Gasteiger partial charge in [-0.15, -0.1) is 0 Å². The molecule has 0 bridgehead atoms. The second kappa shape index (κ2) is 10.2. The number of ether oxygens (including phenoxy) is 1. The Morgan fingerprint density at radius 1 is 0.946 bits per heavy atom. The van der Waals surface area contributed by atoms with E-state index in [9.17, 15) is 13.2 Å². The molecule has 5 rings (SSSR count). The SMILES string of the molecule is COc1ccccc1N1CCN(C(=O)c2ccc(CS(=O)(=O)c3cccc4cccnc34)c(C)c2)CC1. The molecule has 1 aliphatic heterocycles. The number of methoxy groups -OCH3 is 1. The quantitative estimate of drug-likeness (QED) is 0.377. The molecule has 1 aromatic heterocycles. The number of hydrogen-bond acceptors (Lipinski definition) is 6. The molecule has 0 unspecified atom stereocenters. The van der Waals surface area contributed by atoms with Gasteiger partial charge in [-0.2, -0.15) is 0 Å². The molecule has 2 heterocycles. The first kappa shape index (κ1) is 24.8. The second-order valence-corrected chi connectivity index (χ2v) is 11.1. The molecule has 0 radical (unpaired) electrons. The predicted molar refractivity (Wildman–Crippen MR) is 145 cm³/mol. The summed E-state index contributed by atoms with van der Waals surface area (Å²) in [6.45, 7) is 4.46. The average molecular weight is 516 g/mol. The van der Waals surface area contributed by atoms with Crippen LogP contribution < -0.4 is 9.64 Å². The fourth-order valence-electron chi connectivity index (χ4n) is 4.82. The van der Waals surface area contributed by atoms with E-state index in [0.29, 0.717) is 42.8 Å². The van der Waals surface area contributed by atoms with Crippen LogP contribution in [-0.4, -0.2) is 57.5 Å². The highest BCUT2D eigenvalue weighted by atomic mass is 32.2. The van der Waals surface area contributed by atoms with Crippen molar-refractivity contribution in [2.45, 2.75) is 17.6 Å². The van der Waals surface area contributed by atoms with Crippen molar-refractivity contribution in [3.05, 3.63) is 95.7 Å². The fourth-order valence-corrected chi connectivity index (χ4v) is 6.46. The summed E-state index contributed by atoms with van der Waals surface area (Å²) in [6.07, 6.45) is 1.60. The highest BCUT2D eigenvalue weighted by molar-refractivity contribution is 7.90. The van der Waals surface area contributed by atoms with Crippen molar-refractivity contribution in [1.82, 2.24) is 9.88 Å². The Morgan fingerprint density at radius 2 is 1.70 bits per heavy atom. The molecule has 8 heteroatoms. The average Bonchev–Trinajstić information content (AvgIpc) is 2.93. The van der Waals surface area contributed by atoms with Crippen molar-refractivity contribution in [3.8, 4) is 5.75 Å². The van der Waals surface area contributed by atoms with Gasteiger partial charge in [-0.05, 0) is 54.4 Å². The van der Waals surface area contributed by atoms with E-state index in [1.807, 2.05) is 48.2 Å². The summed E-state index contributed by atoms with van der Waals surface area (Å²) in [5.41, 5.74) is 3.51. The van der Waals surface area contributed by atoms with Gasteiger partial charge in [0.25, 0.3) is 5.91 Å². The summed E-state index contributed by atoms with van der Waals surface area (Å²) < 4.78 is 32.1. The van der Waals surface area contributed by atoms with Crippen molar-refractivity contribution in [1.29, 1.82) is 0 Å². The lowest BCUT2D eigenvalue weighted by Gasteiger charge is -2.36. The summed E-state index contributed by atoms with van der Waals surface area (Å²) in [7, 11) is -1.97. The Hall–Kier alpha value is -3.91. The number of rotatable bonds is 6. The first-order valence-corrected chi connectivity index (χ1v) is 13.9. The van der Waals surface area contributed by atoms with Gasteiger partial charge < -0.3 is 14.5 Å². The summed E-state index contributed by atoms with van der Waals surface area (Å²) in [6, 6.07) is 22.0. The van der Waals surface area contributed by atoms with Gasteiger partial charge in [-0.25, -0.2) is 8.42 Å². The van der Waals surface area contributed by atoms with E-state index in [0.717, 1.165) is 22.4 Å². The number of hydrogen-bond donors (Lipinski definition) is 0. The third kappa shape index (κ3) is 5.02. The normalized spacial score (nSPS) is 14.1. The number of fused-ring (bicyclic) bond motifs is 1. The van der Waals surface area contributed by atoms with Gasteiger partial charge in [0.1, 0.15) is 5.75 Å². The smallest absolute Gasteiger partial charge is 0.253 e. The van der Waals surface area contributed by atoms with Crippen LogP contribution >= 0.6 is 0 Å². The van der Waals surface area contributed by atoms with Crippen LogP contribution in [0.4, 0.5) is 5.69 Å². The van der Waals surface area contributed by atoms with E-state index in [-0.39, 0.29) is 16.6 Å². The number of amides is 1. The lowest BCUT2D eigenvalue weighted by Crippen LogP contribution is -2.48. The second-order valence-electron chi connectivity index (χ2n) is 9.18. The van der Waals surface area contributed by atoms with Gasteiger partial charge >= 0.3 is 0 Å². The molecule has 0 aliphatic carbocycles. The van der Waals surface area contributed by atoms with Crippen LogP contribution in [0.1, 0.15) is 21.5 Å². The van der Waals surface area contributed by atoms with Crippen LogP contribution in [0.25, 0.3) is 10.9 Å². The van der Waals surface area contributed by atoms with Crippen molar-refractivity contribution >= 4 is 32.3 Å². The number of aryl methyl sites for hydroxylation is 1. The van der Waals surface area contributed by atoms with Crippen LogP contribution in [0.3, 0.4) is 0 Å². The first-order valence-electron chi connectivity index (χ1n) is 12.2. The molecule has 0 N–H and O–H groups in total. The van der Waals surface area contributed by atoms with Crippen LogP contribution in [0, 0.1) is 6.92 Å². The minimum Gasteiger partial charge on any atom is -0.495 e. The molecule has 0 saturated carbocycles. The van der Waals surface area contributed by atoms with Gasteiger partial charge in [0.05, 0.1) is 29.0 Å². The van der Waals surface area contributed by atoms with Gasteiger partial charge in [0, 0.05) is 43.3 Å². The molecule has 190 valence electrons. The number of pyridine rings is 1. The maximum absolute atomic E-state index is 13.3. The zero-order valence-corrected chi connectivity index (χ0v) is 21.7. The summed E-state index contributed by atoms with van der Waals surface area (Å²) >= 11 is 0. The number of benzene rings is 3. The highest BCUT2D eigenvalue weighted by Crippen LogP contribution is 2.29. The van der Waals surface area contributed by atoms with Gasteiger partial charge in [-0.1, -0.05) is 36.4 Å². The van der Waals surface area contributed by atoms with Crippen molar-refractivity contribution in [3.63, 3.8) is 0 Å². The number of piperazine rings is 1.